The van der Waals surface area contributed by atoms with E-state index in [0.717, 1.165) is 17.7 Å². The van der Waals surface area contributed by atoms with Crippen molar-refractivity contribution >= 4 is 27.3 Å². The van der Waals surface area contributed by atoms with Gasteiger partial charge in [-0.3, -0.25) is 4.72 Å². The summed E-state index contributed by atoms with van der Waals surface area (Å²) >= 11 is 6.12. The van der Waals surface area contributed by atoms with E-state index in [1.54, 1.807) is 12.1 Å². The number of aryl methyl sites for hydroxylation is 1. The third kappa shape index (κ3) is 3.64. The smallest absolute Gasteiger partial charge is 0.264 e. The van der Waals surface area contributed by atoms with Gasteiger partial charge in [0.1, 0.15) is 16.5 Å². The van der Waals surface area contributed by atoms with Crippen molar-refractivity contribution in [3.8, 4) is 0 Å². The lowest BCUT2D eigenvalue weighted by molar-refractivity contribution is 0.555. The van der Waals surface area contributed by atoms with E-state index in [9.17, 15) is 17.2 Å². The van der Waals surface area contributed by atoms with E-state index in [1.807, 2.05) is 13.8 Å². The molecule has 2 rings (SSSR count). The van der Waals surface area contributed by atoms with Gasteiger partial charge in [0.15, 0.2) is 0 Å². The van der Waals surface area contributed by atoms with Gasteiger partial charge in [0.2, 0.25) is 0 Å². The molecule has 0 saturated heterocycles. The van der Waals surface area contributed by atoms with Crippen LogP contribution in [-0.4, -0.2) is 8.42 Å². The van der Waals surface area contributed by atoms with Crippen LogP contribution in [0.2, 0.25) is 5.02 Å². The topological polar surface area (TPSA) is 46.2 Å². The fourth-order valence-corrected chi connectivity index (χ4v) is 3.83. The Morgan fingerprint density at radius 2 is 1.78 bits per heavy atom. The lowest BCUT2D eigenvalue weighted by Gasteiger charge is -2.17. The number of rotatable bonds is 5. The molecule has 23 heavy (non-hydrogen) atoms. The molecule has 0 aromatic heterocycles. The van der Waals surface area contributed by atoms with Crippen molar-refractivity contribution in [2.45, 2.75) is 31.6 Å². The molecule has 0 bridgehead atoms. The first-order valence-corrected chi connectivity index (χ1v) is 8.94. The van der Waals surface area contributed by atoms with Gasteiger partial charge in [-0.15, -0.1) is 0 Å². The largest absolute Gasteiger partial charge is 0.279 e. The predicted molar refractivity (Wildman–Crippen MR) is 87.4 cm³/mol. The maximum absolute atomic E-state index is 13.8. The monoisotopic (exact) mass is 359 g/mol. The zero-order chi connectivity index (χ0) is 17.2. The normalized spacial score (nSPS) is 11.5. The second kappa shape index (κ2) is 6.84. The van der Waals surface area contributed by atoms with Crippen LogP contribution in [0.25, 0.3) is 0 Å². The molecule has 124 valence electrons. The molecular formula is C16H16ClF2NO2S. The third-order valence-corrected chi connectivity index (χ3v) is 5.21. The third-order valence-electron chi connectivity index (χ3n) is 3.50. The molecule has 7 heteroatoms. The van der Waals surface area contributed by atoms with Crippen LogP contribution in [-0.2, 0) is 22.9 Å². The van der Waals surface area contributed by atoms with Gasteiger partial charge in [-0.2, -0.15) is 0 Å². The fraction of sp³-hybridized carbons (Fsp3) is 0.250. The van der Waals surface area contributed by atoms with E-state index >= 15 is 0 Å². The van der Waals surface area contributed by atoms with Crippen LogP contribution in [0.15, 0.2) is 35.2 Å². The zero-order valence-corrected chi connectivity index (χ0v) is 14.2. The summed E-state index contributed by atoms with van der Waals surface area (Å²) in [5.41, 5.74) is 1.67. The highest BCUT2D eigenvalue weighted by molar-refractivity contribution is 7.92. The Balaban J connectivity index is 2.57. The molecule has 0 radical (unpaired) electrons. The van der Waals surface area contributed by atoms with Gasteiger partial charge in [-0.25, -0.2) is 17.2 Å². The van der Waals surface area contributed by atoms with Crippen molar-refractivity contribution in [3.05, 3.63) is 58.1 Å². The highest BCUT2D eigenvalue weighted by atomic mass is 35.5. The summed E-state index contributed by atoms with van der Waals surface area (Å²) < 4.78 is 54.4. The van der Waals surface area contributed by atoms with Crippen LogP contribution in [0.3, 0.4) is 0 Å². The van der Waals surface area contributed by atoms with Crippen molar-refractivity contribution in [1.29, 1.82) is 0 Å². The number of sulfonamides is 1. The van der Waals surface area contributed by atoms with Gasteiger partial charge in [0.25, 0.3) is 10.0 Å². The molecule has 0 heterocycles. The van der Waals surface area contributed by atoms with E-state index < -0.39 is 26.6 Å². The van der Waals surface area contributed by atoms with Crippen LogP contribution in [0.4, 0.5) is 14.5 Å². The number of nitrogens with one attached hydrogen (secondary N) is 1. The summed E-state index contributed by atoms with van der Waals surface area (Å²) in [6.07, 6.45) is 1.06. The lowest BCUT2D eigenvalue weighted by atomic mass is 10.0. The molecular weight excluding hydrogens is 344 g/mol. The Bertz CT molecular complexity index is 838. The summed E-state index contributed by atoms with van der Waals surface area (Å²) in [6, 6.07) is 5.70. The highest BCUT2D eigenvalue weighted by Gasteiger charge is 2.23. The van der Waals surface area contributed by atoms with Crippen LogP contribution in [0.5, 0.6) is 0 Å². The van der Waals surface area contributed by atoms with Crippen LogP contribution in [0.1, 0.15) is 25.0 Å². The molecule has 3 nitrogen and oxygen atoms in total. The van der Waals surface area contributed by atoms with Crippen molar-refractivity contribution in [2.75, 3.05) is 4.72 Å². The molecule has 0 atom stereocenters. The number of benzene rings is 2. The second-order valence-electron chi connectivity index (χ2n) is 4.95. The minimum absolute atomic E-state index is 0.325. The average Bonchev–Trinajstić information content (AvgIpc) is 2.50. The van der Waals surface area contributed by atoms with Gasteiger partial charge in [-0.05, 0) is 48.2 Å². The van der Waals surface area contributed by atoms with E-state index in [-0.39, 0.29) is 0 Å². The van der Waals surface area contributed by atoms with Gasteiger partial charge < -0.3 is 0 Å². The SMILES string of the molecule is CCc1ccc(Cl)c(CC)c1NS(=O)(=O)c1cc(F)ccc1F. The van der Waals surface area contributed by atoms with E-state index in [0.29, 0.717) is 35.2 Å². The van der Waals surface area contributed by atoms with Gasteiger partial charge in [0.05, 0.1) is 5.69 Å². The molecule has 1 N–H and O–H groups in total. The Hall–Kier alpha value is -1.66. The van der Waals surface area contributed by atoms with Crippen LogP contribution in [0, 0.1) is 11.6 Å². The number of hydrogen-bond acceptors (Lipinski definition) is 2. The summed E-state index contributed by atoms with van der Waals surface area (Å²) in [5, 5.41) is 0.419. The Morgan fingerprint density at radius 1 is 1.09 bits per heavy atom. The summed E-state index contributed by atoms with van der Waals surface area (Å²) in [5.74, 6) is -1.85. The maximum Gasteiger partial charge on any atom is 0.264 e. The predicted octanol–water partition coefficient (Wildman–Crippen LogP) is 4.54. The van der Waals surface area contributed by atoms with Crippen molar-refractivity contribution in [1.82, 2.24) is 0 Å². The van der Waals surface area contributed by atoms with Gasteiger partial charge in [0, 0.05) is 5.02 Å². The minimum Gasteiger partial charge on any atom is -0.279 e. The minimum atomic E-state index is -4.27. The van der Waals surface area contributed by atoms with Gasteiger partial charge in [-0.1, -0.05) is 31.5 Å². The Morgan fingerprint density at radius 3 is 2.39 bits per heavy atom. The first-order chi connectivity index (χ1) is 10.8. The quantitative estimate of drug-likeness (QED) is 0.851. The average molecular weight is 360 g/mol. The molecule has 0 aliphatic heterocycles. The van der Waals surface area contributed by atoms with Crippen molar-refractivity contribution < 1.29 is 17.2 Å². The van der Waals surface area contributed by atoms with Crippen molar-refractivity contribution in [3.63, 3.8) is 0 Å². The van der Waals surface area contributed by atoms with Gasteiger partial charge >= 0.3 is 0 Å². The van der Waals surface area contributed by atoms with Crippen LogP contribution < -0.4 is 4.72 Å². The highest BCUT2D eigenvalue weighted by Crippen LogP contribution is 2.31. The standard InChI is InChI=1S/C16H16ClF2NO2S/c1-3-10-5-7-13(17)12(4-2)16(10)20-23(21,22)15-9-11(18)6-8-14(15)19/h5-9,20H,3-4H2,1-2H3. The second-order valence-corrected chi connectivity index (χ2v) is 7.01. The first-order valence-electron chi connectivity index (χ1n) is 7.08. The van der Waals surface area contributed by atoms with Crippen molar-refractivity contribution in [2.24, 2.45) is 0 Å². The summed E-state index contributed by atoms with van der Waals surface area (Å²) in [6.45, 7) is 3.70. The summed E-state index contributed by atoms with van der Waals surface area (Å²) in [4.78, 5) is -0.735. The lowest BCUT2D eigenvalue weighted by Crippen LogP contribution is -2.17. The van der Waals surface area contributed by atoms with Crippen LogP contribution >= 0.6 is 11.6 Å². The van der Waals surface area contributed by atoms with E-state index in [4.69, 9.17) is 11.6 Å². The maximum atomic E-state index is 13.8. The molecule has 0 unspecified atom stereocenters. The zero-order valence-electron chi connectivity index (χ0n) is 12.7. The molecule has 0 saturated carbocycles. The Kier molecular flexibility index (Phi) is 5.26. The van der Waals surface area contributed by atoms with E-state index in [2.05, 4.69) is 4.72 Å². The number of hydrogen-bond donors (Lipinski definition) is 1. The van der Waals surface area contributed by atoms with E-state index in [1.165, 1.54) is 0 Å². The number of anilines is 1. The molecule has 0 aliphatic rings. The first kappa shape index (κ1) is 17.7. The molecule has 0 spiro atoms. The Labute approximate surface area is 139 Å². The molecule has 2 aromatic rings. The molecule has 0 fully saturated rings. The molecule has 2 aromatic carbocycles. The fourth-order valence-electron chi connectivity index (χ4n) is 2.31. The summed E-state index contributed by atoms with van der Waals surface area (Å²) in [7, 11) is -4.27. The molecule has 0 aliphatic carbocycles. The number of halogens is 3. The molecule has 0 amide bonds.